The molecule has 0 saturated heterocycles. The van der Waals surface area contributed by atoms with Crippen LogP contribution in [0.5, 0.6) is 5.75 Å². The van der Waals surface area contributed by atoms with Gasteiger partial charge in [-0.2, -0.15) is 0 Å². The standard InChI is InChI=1S/C32H35F3O2/c1-3-5-20-37-27-17-14-25(30(33)21-27)11-8-22-6-9-23(10-7-22)28-18-19-29(32(35)31(28)34)24-12-15-26(16-13-24)36-4-2/h3,6-7,9-10,14,17-19,21,24,26H,1,4-5,8,11-13,15-16,20H2,2H3. The molecule has 0 bridgehead atoms. The third kappa shape index (κ3) is 6.84. The SMILES string of the molecule is C=CCCOc1ccc(CCc2ccc(-c3ccc(C4CCC(OCC)CC4)c(F)c3F)cc2)c(F)c1. The third-order valence-electron chi connectivity index (χ3n) is 7.19. The maximum absolute atomic E-state index is 15.1. The van der Waals surface area contributed by atoms with Crippen molar-refractivity contribution in [3.05, 3.63) is 101 Å². The van der Waals surface area contributed by atoms with Gasteiger partial charge in [-0.3, -0.25) is 0 Å². The van der Waals surface area contributed by atoms with Crippen molar-refractivity contribution in [3.63, 3.8) is 0 Å². The van der Waals surface area contributed by atoms with Crippen LogP contribution in [0.4, 0.5) is 13.2 Å². The Bertz CT molecular complexity index is 1180. The lowest BCUT2D eigenvalue weighted by molar-refractivity contribution is 0.0325. The van der Waals surface area contributed by atoms with Crippen molar-refractivity contribution >= 4 is 0 Å². The molecule has 0 radical (unpaired) electrons. The molecule has 0 amide bonds. The summed E-state index contributed by atoms with van der Waals surface area (Å²) >= 11 is 0. The van der Waals surface area contributed by atoms with Gasteiger partial charge in [0.25, 0.3) is 0 Å². The summed E-state index contributed by atoms with van der Waals surface area (Å²) in [7, 11) is 0. The molecule has 1 fully saturated rings. The Morgan fingerprint density at radius 3 is 2.32 bits per heavy atom. The van der Waals surface area contributed by atoms with Crippen LogP contribution in [-0.2, 0) is 17.6 Å². The Kier molecular flexibility index (Phi) is 9.45. The summed E-state index contributed by atoms with van der Waals surface area (Å²) in [6.45, 7) is 6.77. The van der Waals surface area contributed by atoms with Gasteiger partial charge in [-0.1, -0.05) is 48.5 Å². The highest BCUT2D eigenvalue weighted by Gasteiger charge is 2.26. The summed E-state index contributed by atoms with van der Waals surface area (Å²) in [5, 5.41) is 0. The van der Waals surface area contributed by atoms with Crippen molar-refractivity contribution in [1.82, 2.24) is 0 Å². The van der Waals surface area contributed by atoms with E-state index in [-0.39, 0.29) is 23.4 Å². The number of hydrogen-bond acceptors (Lipinski definition) is 2. The second-order valence-corrected chi connectivity index (χ2v) is 9.64. The highest BCUT2D eigenvalue weighted by Crippen LogP contribution is 2.38. The molecule has 0 spiro atoms. The van der Waals surface area contributed by atoms with Crippen molar-refractivity contribution < 1.29 is 22.6 Å². The second kappa shape index (κ2) is 13.0. The molecular formula is C32H35F3O2. The zero-order chi connectivity index (χ0) is 26.2. The molecule has 3 aromatic rings. The van der Waals surface area contributed by atoms with Gasteiger partial charge in [-0.15, -0.1) is 6.58 Å². The van der Waals surface area contributed by atoms with Gasteiger partial charge in [0, 0.05) is 18.2 Å². The topological polar surface area (TPSA) is 18.5 Å². The normalized spacial score (nSPS) is 17.5. The lowest BCUT2D eigenvalue weighted by Gasteiger charge is -2.29. The smallest absolute Gasteiger partial charge is 0.166 e. The molecule has 1 saturated carbocycles. The van der Waals surface area contributed by atoms with Gasteiger partial charge < -0.3 is 9.47 Å². The first-order valence-electron chi connectivity index (χ1n) is 13.2. The van der Waals surface area contributed by atoms with E-state index in [2.05, 4.69) is 6.58 Å². The monoisotopic (exact) mass is 508 g/mol. The lowest BCUT2D eigenvalue weighted by atomic mass is 9.82. The average Bonchev–Trinajstić information content (AvgIpc) is 2.91. The number of aryl methyl sites for hydroxylation is 2. The van der Waals surface area contributed by atoms with Crippen LogP contribution in [0.1, 0.15) is 61.6 Å². The molecule has 1 aliphatic carbocycles. The Morgan fingerprint density at radius 2 is 1.65 bits per heavy atom. The van der Waals surface area contributed by atoms with Gasteiger partial charge in [0.2, 0.25) is 0 Å². The highest BCUT2D eigenvalue weighted by molar-refractivity contribution is 5.65. The van der Waals surface area contributed by atoms with Crippen molar-refractivity contribution in [2.24, 2.45) is 0 Å². The molecule has 5 heteroatoms. The summed E-state index contributed by atoms with van der Waals surface area (Å²) < 4.78 is 55.8. The largest absolute Gasteiger partial charge is 0.493 e. The summed E-state index contributed by atoms with van der Waals surface area (Å²) in [5.74, 6) is -1.30. The van der Waals surface area contributed by atoms with Gasteiger partial charge >= 0.3 is 0 Å². The molecule has 4 rings (SSSR count). The Labute approximate surface area is 218 Å². The highest BCUT2D eigenvalue weighted by atomic mass is 19.2. The van der Waals surface area contributed by atoms with Gasteiger partial charge in [-0.05, 0) is 86.1 Å². The first-order chi connectivity index (χ1) is 18.0. The lowest BCUT2D eigenvalue weighted by Crippen LogP contribution is -2.21. The number of halogens is 3. The van der Waals surface area contributed by atoms with Crippen LogP contribution < -0.4 is 4.74 Å². The van der Waals surface area contributed by atoms with Crippen LogP contribution >= 0.6 is 0 Å². The van der Waals surface area contributed by atoms with Crippen LogP contribution in [0, 0.1) is 17.5 Å². The average molecular weight is 509 g/mol. The summed E-state index contributed by atoms with van der Waals surface area (Å²) in [6.07, 6.45) is 7.21. The van der Waals surface area contributed by atoms with Crippen LogP contribution in [0.25, 0.3) is 11.1 Å². The minimum Gasteiger partial charge on any atom is -0.493 e. The molecule has 0 aromatic heterocycles. The Hall–Kier alpha value is -3.05. The third-order valence-corrected chi connectivity index (χ3v) is 7.19. The van der Waals surface area contributed by atoms with Crippen LogP contribution in [0.15, 0.2) is 67.3 Å². The fraction of sp³-hybridized carbons (Fsp3) is 0.375. The molecule has 1 aliphatic rings. The van der Waals surface area contributed by atoms with Gasteiger partial charge in [0.15, 0.2) is 11.6 Å². The fourth-order valence-corrected chi connectivity index (χ4v) is 5.09. The number of benzene rings is 3. The van der Waals surface area contributed by atoms with E-state index < -0.39 is 11.6 Å². The van der Waals surface area contributed by atoms with Crippen molar-refractivity contribution in [3.8, 4) is 16.9 Å². The van der Waals surface area contributed by atoms with Crippen LogP contribution in [-0.4, -0.2) is 19.3 Å². The fourth-order valence-electron chi connectivity index (χ4n) is 5.09. The van der Waals surface area contributed by atoms with E-state index in [1.54, 1.807) is 42.5 Å². The van der Waals surface area contributed by atoms with E-state index in [1.165, 1.54) is 6.07 Å². The molecule has 0 N–H and O–H groups in total. The molecule has 0 atom stereocenters. The summed E-state index contributed by atoms with van der Waals surface area (Å²) in [4.78, 5) is 0. The zero-order valence-electron chi connectivity index (χ0n) is 21.4. The van der Waals surface area contributed by atoms with Crippen LogP contribution in [0.3, 0.4) is 0 Å². The molecule has 196 valence electrons. The number of ether oxygens (including phenoxy) is 2. The molecule has 0 aliphatic heterocycles. The summed E-state index contributed by atoms with van der Waals surface area (Å²) in [5.41, 5.74) is 2.96. The first-order valence-corrected chi connectivity index (χ1v) is 13.2. The Morgan fingerprint density at radius 1 is 0.892 bits per heavy atom. The van der Waals surface area contributed by atoms with E-state index in [1.807, 2.05) is 19.1 Å². The van der Waals surface area contributed by atoms with E-state index in [0.717, 1.165) is 31.2 Å². The van der Waals surface area contributed by atoms with Gasteiger partial charge in [0.05, 0.1) is 12.7 Å². The molecule has 37 heavy (non-hydrogen) atoms. The van der Waals surface area contributed by atoms with Crippen LogP contribution in [0.2, 0.25) is 0 Å². The molecule has 2 nitrogen and oxygen atoms in total. The van der Waals surface area contributed by atoms with Crippen molar-refractivity contribution in [2.45, 2.75) is 63.9 Å². The molecule has 0 heterocycles. The minimum atomic E-state index is -0.797. The number of rotatable bonds is 11. The van der Waals surface area contributed by atoms with E-state index in [4.69, 9.17) is 9.47 Å². The van der Waals surface area contributed by atoms with E-state index >= 15 is 8.78 Å². The molecule has 3 aromatic carbocycles. The van der Waals surface area contributed by atoms with Gasteiger partial charge in [0.1, 0.15) is 11.6 Å². The summed E-state index contributed by atoms with van der Waals surface area (Å²) in [6, 6.07) is 15.7. The zero-order valence-corrected chi connectivity index (χ0v) is 21.4. The predicted octanol–water partition coefficient (Wildman–Crippen LogP) is 8.57. The second-order valence-electron chi connectivity index (χ2n) is 9.64. The van der Waals surface area contributed by atoms with Crippen molar-refractivity contribution in [1.29, 1.82) is 0 Å². The Balaban J connectivity index is 1.38. The van der Waals surface area contributed by atoms with E-state index in [0.29, 0.717) is 54.9 Å². The van der Waals surface area contributed by atoms with Crippen molar-refractivity contribution in [2.75, 3.05) is 13.2 Å². The first kappa shape index (κ1) is 27.0. The van der Waals surface area contributed by atoms with E-state index in [9.17, 15) is 4.39 Å². The maximum Gasteiger partial charge on any atom is 0.166 e. The maximum atomic E-state index is 15.1. The number of hydrogen-bond donors (Lipinski definition) is 0. The molecule has 0 unspecified atom stereocenters. The quantitative estimate of drug-likeness (QED) is 0.191. The molecular weight excluding hydrogens is 473 g/mol. The van der Waals surface area contributed by atoms with Gasteiger partial charge in [-0.25, -0.2) is 13.2 Å². The minimum absolute atomic E-state index is 0.0239. The predicted molar refractivity (Wildman–Crippen MR) is 143 cm³/mol.